The van der Waals surface area contributed by atoms with Gasteiger partial charge in [0.15, 0.2) is 0 Å². The highest BCUT2D eigenvalue weighted by Gasteiger charge is 2.07. The zero-order chi connectivity index (χ0) is 13.8. The smallest absolute Gasteiger partial charge is 0.251 e. The molecule has 0 fully saturated rings. The summed E-state index contributed by atoms with van der Waals surface area (Å²) < 4.78 is 21.3. The maximum atomic E-state index is 11.7. The molecule has 0 spiro atoms. The van der Waals surface area contributed by atoms with Crippen LogP contribution in [0, 0.1) is 0 Å². The van der Waals surface area contributed by atoms with E-state index in [1.165, 1.54) is 18.2 Å². The van der Waals surface area contributed by atoms with Crippen molar-refractivity contribution in [1.29, 1.82) is 0 Å². The topological polar surface area (TPSA) is 141 Å². The van der Waals surface area contributed by atoms with Gasteiger partial charge in [-0.05, 0) is 24.6 Å². The van der Waals surface area contributed by atoms with Gasteiger partial charge in [0.25, 0.3) is 5.91 Å². The SMILES string of the molecule is Nc1cc(N)cc(C(=O)NCCCS(N)(=O)=O)c1. The fourth-order valence-corrected chi connectivity index (χ4v) is 1.93. The average Bonchev–Trinajstić information content (AvgIpc) is 2.21. The predicted octanol–water partition coefficient (Wildman–Crippen LogP) is -0.741. The highest BCUT2D eigenvalue weighted by molar-refractivity contribution is 7.89. The van der Waals surface area contributed by atoms with Crippen molar-refractivity contribution >= 4 is 27.3 Å². The normalized spacial score (nSPS) is 11.2. The maximum Gasteiger partial charge on any atom is 0.251 e. The summed E-state index contributed by atoms with van der Waals surface area (Å²) >= 11 is 0. The van der Waals surface area contributed by atoms with Crippen LogP contribution in [0.15, 0.2) is 18.2 Å². The summed E-state index contributed by atoms with van der Waals surface area (Å²) in [7, 11) is -3.49. The van der Waals surface area contributed by atoms with Gasteiger partial charge in [-0.1, -0.05) is 0 Å². The van der Waals surface area contributed by atoms with Gasteiger partial charge in [0.05, 0.1) is 5.75 Å². The Hall–Kier alpha value is -1.80. The number of nitrogen functional groups attached to an aromatic ring is 2. The van der Waals surface area contributed by atoms with Crippen molar-refractivity contribution in [1.82, 2.24) is 5.32 Å². The number of anilines is 2. The quantitative estimate of drug-likeness (QED) is 0.412. The molecule has 18 heavy (non-hydrogen) atoms. The molecule has 1 aromatic carbocycles. The monoisotopic (exact) mass is 272 g/mol. The zero-order valence-electron chi connectivity index (χ0n) is 9.72. The third-order valence-corrected chi connectivity index (χ3v) is 2.99. The second-order valence-electron chi connectivity index (χ2n) is 3.86. The van der Waals surface area contributed by atoms with E-state index in [-0.39, 0.29) is 24.6 Å². The first kappa shape index (κ1) is 14.3. The van der Waals surface area contributed by atoms with Crippen LogP contribution < -0.4 is 21.9 Å². The first-order valence-electron chi connectivity index (χ1n) is 5.22. The molecule has 0 unspecified atom stereocenters. The van der Waals surface area contributed by atoms with E-state index in [4.69, 9.17) is 16.6 Å². The molecule has 1 amide bonds. The lowest BCUT2D eigenvalue weighted by atomic mass is 10.1. The Bertz CT molecular complexity index is 522. The standard InChI is InChI=1S/C10H16N4O3S/c11-8-4-7(5-9(12)6-8)10(15)14-2-1-3-18(13,16)17/h4-6H,1-3,11-12H2,(H,14,15)(H2,13,16,17). The van der Waals surface area contributed by atoms with Crippen LogP contribution in [0.5, 0.6) is 0 Å². The van der Waals surface area contributed by atoms with E-state index in [0.29, 0.717) is 16.9 Å². The van der Waals surface area contributed by atoms with Gasteiger partial charge in [0.1, 0.15) is 0 Å². The van der Waals surface area contributed by atoms with Gasteiger partial charge in [-0.15, -0.1) is 0 Å². The molecule has 0 aliphatic carbocycles. The number of carbonyl (C=O) groups is 1. The molecule has 0 radical (unpaired) electrons. The molecule has 0 saturated heterocycles. The van der Waals surface area contributed by atoms with Crippen molar-refractivity contribution in [2.24, 2.45) is 5.14 Å². The van der Waals surface area contributed by atoms with E-state index in [2.05, 4.69) is 5.32 Å². The average molecular weight is 272 g/mol. The van der Waals surface area contributed by atoms with Crippen molar-refractivity contribution in [2.75, 3.05) is 23.8 Å². The minimum Gasteiger partial charge on any atom is -0.399 e. The molecule has 0 aromatic heterocycles. The fraction of sp³-hybridized carbons (Fsp3) is 0.300. The largest absolute Gasteiger partial charge is 0.399 e. The summed E-state index contributed by atoms with van der Waals surface area (Å²) in [6.45, 7) is 0.212. The lowest BCUT2D eigenvalue weighted by Gasteiger charge is -2.06. The number of nitrogens with one attached hydrogen (secondary N) is 1. The third kappa shape index (κ3) is 5.02. The molecule has 1 aromatic rings. The number of amides is 1. The van der Waals surface area contributed by atoms with Gasteiger partial charge >= 0.3 is 0 Å². The number of sulfonamides is 1. The Kier molecular flexibility index (Phi) is 4.51. The van der Waals surface area contributed by atoms with Crippen LogP contribution in [-0.4, -0.2) is 26.6 Å². The van der Waals surface area contributed by atoms with Gasteiger partial charge in [-0.25, -0.2) is 13.6 Å². The summed E-state index contributed by atoms with van der Waals surface area (Å²) in [6, 6.07) is 4.52. The lowest BCUT2D eigenvalue weighted by Crippen LogP contribution is -2.27. The molecule has 100 valence electrons. The third-order valence-electron chi connectivity index (χ3n) is 2.13. The van der Waals surface area contributed by atoms with Crippen LogP contribution in [-0.2, 0) is 10.0 Å². The van der Waals surface area contributed by atoms with E-state index < -0.39 is 10.0 Å². The molecule has 8 heteroatoms. The van der Waals surface area contributed by atoms with Crippen LogP contribution in [0.4, 0.5) is 11.4 Å². The molecule has 7 nitrogen and oxygen atoms in total. The Morgan fingerprint density at radius 3 is 2.22 bits per heavy atom. The summed E-state index contributed by atoms with van der Waals surface area (Å²) in [4.78, 5) is 11.7. The summed E-state index contributed by atoms with van der Waals surface area (Å²) in [5.74, 6) is -0.532. The molecule has 0 aliphatic heterocycles. The van der Waals surface area contributed by atoms with Crippen LogP contribution in [0.3, 0.4) is 0 Å². The van der Waals surface area contributed by atoms with Crippen LogP contribution in [0.2, 0.25) is 0 Å². The van der Waals surface area contributed by atoms with Crippen molar-refractivity contribution < 1.29 is 13.2 Å². The minimum atomic E-state index is -3.49. The maximum absolute atomic E-state index is 11.7. The second kappa shape index (κ2) is 5.69. The number of hydrogen-bond acceptors (Lipinski definition) is 5. The van der Waals surface area contributed by atoms with Crippen LogP contribution in [0.1, 0.15) is 16.8 Å². The van der Waals surface area contributed by atoms with Crippen molar-refractivity contribution in [3.63, 3.8) is 0 Å². The Morgan fingerprint density at radius 2 is 1.72 bits per heavy atom. The highest BCUT2D eigenvalue weighted by atomic mass is 32.2. The molecule has 0 atom stereocenters. The van der Waals surface area contributed by atoms with Gasteiger partial charge in [0.2, 0.25) is 10.0 Å². The molecule has 0 aliphatic rings. The number of carbonyl (C=O) groups excluding carboxylic acids is 1. The second-order valence-corrected chi connectivity index (χ2v) is 5.60. The van der Waals surface area contributed by atoms with E-state index in [1.54, 1.807) is 0 Å². The number of rotatable bonds is 5. The fourth-order valence-electron chi connectivity index (χ4n) is 1.38. The highest BCUT2D eigenvalue weighted by Crippen LogP contribution is 2.13. The van der Waals surface area contributed by atoms with E-state index >= 15 is 0 Å². The van der Waals surface area contributed by atoms with Gasteiger partial charge in [-0.2, -0.15) is 0 Å². The molecular weight excluding hydrogens is 256 g/mol. The van der Waals surface area contributed by atoms with Crippen molar-refractivity contribution in [3.8, 4) is 0 Å². The number of primary sulfonamides is 1. The van der Waals surface area contributed by atoms with Crippen molar-refractivity contribution in [3.05, 3.63) is 23.8 Å². The number of hydrogen-bond donors (Lipinski definition) is 4. The molecular formula is C10H16N4O3S. The van der Waals surface area contributed by atoms with Gasteiger partial charge < -0.3 is 16.8 Å². The van der Waals surface area contributed by atoms with E-state index in [1.807, 2.05) is 0 Å². The molecule has 0 bridgehead atoms. The minimum absolute atomic E-state index is 0.174. The summed E-state index contributed by atoms with van der Waals surface area (Å²) in [5, 5.41) is 7.39. The van der Waals surface area contributed by atoms with Crippen LogP contribution >= 0.6 is 0 Å². The summed E-state index contributed by atoms with van der Waals surface area (Å²) in [6.07, 6.45) is 0.252. The predicted molar refractivity (Wildman–Crippen MR) is 70.2 cm³/mol. The number of benzene rings is 1. The first-order valence-corrected chi connectivity index (χ1v) is 6.94. The van der Waals surface area contributed by atoms with Gasteiger partial charge in [-0.3, -0.25) is 4.79 Å². The molecule has 7 N–H and O–H groups in total. The summed E-state index contributed by atoms with van der Waals surface area (Å²) in [5.41, 5.74) is 12.2. The molecule has 0 heterocycles. The Morgan fingerprint density at radius 1 is 1.17 bits per heavy atom. The lowest BCUT2D eigenvalue weighted by molar-refractivity contribution is 0.0953. The number of nitrogens with two attached hydrogens (primary N) is 3. The Balaban J connectivity index is 2.51. The molecule has 1 rings (SSSR count). The van der Waals surface area contributed by atoms with E-state index in [9.17, 15) is 13.2 Å². The molecule has 0 saturated carbocycles. The van der Waals surface area contributed by atoms with Gasteiger partial charge in [0, 0.05) is 23.5 Å². The zero-order valence-corrected chi connectivity index (χ0v) is 10.5. The van der Waals surface area contributed by atoms with Crippen LogP contribution in [0.25, 0.3) is 0 Å². The van der Waals surface area contributed by atoms with Crippen molar-refractivity contribution in [2.45, 2.75) is 6.42 Å². The van der Waals surface area contributed by atoms with E-state index in [0.717, 1.165) is 0 Å². The first-order chi connectivity index (χ1) is 8.28. The Labute approximate surface area is 105 Å².